The van der Waals surface area contributed by atoms with Crippen LogP contribution in [0.4, 0.5) is 13.2 Å². The highest BCUT2D eigenvalue weighted by Gasteiger charge is 2.42. The molecule has 1 fully saturated rings. The minimum atomic E-state index is -4.08. The number of piperidine rings is 1. The van der Waals surface area contributed by atoms with E-state index in [2.05, 4.69) is 0 Å². The summed E-state index contributed by atoms with van der Waals surface area (Å²) in [6.07, 6.45) is -1.48. The van der Waals surface area contributed by atoms with Crippen molar-refractivity contribution in [3.63, 3.8) is 0 Å². The van der Waals surface area contributed by atoms with Crippen LogP contribution in [0, 0.1) is 5.92 Å². The lowest BCUT2D eigenvalue weighted by molar-refractivity contribution is -0.186. The Morgan fingerprint density at radius 3 is 2.50 bits per heavy atom. The summed E-state index contributed by atoms with van der Waals surface area (Å²) < 4.78 is 43.5. The summed E-state index contributed by atoms with van der Waals surface area (Å²) in [7, 11) is 0. The van der Waals surface area contributed by atoms with Crippen LogP contribution < -0.4 is 5.73 Å². The smallest absolute Gasteiger partial charge is 0.391 e. The van der Waals surface area contributed by atoms with E-state index in [9.17, 15) is 13.2 Å². The van der Waals surface area contributed by atoms with Crippen molar-refractivity contribution in [2.45, 2.75) is 44.4 Å². The molecule has 0 bridgehead atoms. The Balaban J connectivity index is 2.06. The number of rotatable bonds is 4. The predicted molar refractivity (Wildman–Crippen MR) is 70.1 cm³/mol. The summed E-state index contributed by atoms with van der Waals surface area (Å²) in [5.41, 5.74) is 6.14. The van der Waals surface area contributed by atoms with Crippen molar-refractivity contribution >= 4 is 0 Å². The lowest BCUT2D eigenvalue weighted by atomic mass is 9.92. The molecule has 114 valence electrons. The lowest BCUT2D eigenvalue weighted by Crippen LogP contribution is -2.46. The van der Waals surface area contributed by atoms with E-state index in [4.69, 9.17) is 10.2 Å². The molecule has 6 heteroatoms. The van der Waals surface area contributed by atoms with Crippen LogP contribution in [0.1, 0.15) is 38.0 Å². The van der Waals surface area contributed by atoms with Crippen molar-refractivity contribution < 1.29 is 17.6 Å². The van der Waals surface area contributed by atoms with Gasteiger partial charge in [-0.2, -0.15) is 13.2 Å². The molecule has 3 nitrogen and oxygen atoms in total. The van der Waals surface area contributed by atoms with E-state index in [1.54, 1.807) is 12.3 Å². The fourth-order valence-corrected chi connectivity index (χ4v) is 2.85. The lowest BCUT2D eigenvalue weighted by Gasteiger charge is -2.39. The molecule has 2 atom stereocenters. The van der Waals surface area contributed by atoms with Gasteiger partial charge in [0.05, 0.1) is 18.2 Å². The third-order valence-electron chi connectivity index (χ3n) is 4.10. The molecule has 0 aliphatic carbocycles. The predicted octanol–water partition coefficient (Wildman–Crippen LogP) is 3.33. The van der Waals surface area contributed by atoms with E-state index in [0.717, 1.165) is 12.2 Å². The second-order valence-electron chi connectivity index (χ2n) is 5.38. The van der Waals surface area contributed by atoms with Crippen molar-refractivity contribution in [2.75, 3.05) is 13.1 Å². The van der Waals surface area contributed by atoms with Gasteiger partial charge in [0.1, 0.15) is 5.76 Å². The number of hydrogen-bond acceptors (Lipinski definition) is 3. The molecular formula is C14H21F3N2O. The highest BCUT2D eigenvalue weighted by Crippen LogP contribution is 2.37. The molecule has 0 spiro atoms. The van der Waals surface area contributed by atoms with Crippen molar-refractivity contribution in [2.24, 2.45) is 11.7 Å². The first-order valence-corrected chi connectivity index (χ1v) is 7.03. The summed E-state index contributed by atoms with van der Waals surface area (Å²) >= 11 is 0. The highest BCUT2D eigenvalue weighted by molar-refractivity contribution is 5.08. The fraction of sp³-hybridized carbons (Fsp3) is 0.714. The maximum atomic E-state index is 12.7. The van der Waals surface area contributed by atoms with E-state index in [1.807, 2.05) is 17.9 Å². The largest absolute Gasteiger partial charge is 0.468 e. The van der Waals surface area contributed by atoms with Gasteiger partial charge in [0.2, 0.25) is 0 Å². The van der Waals surface area contributed by atoms with Crippen LogP contribution in [-0.2, 0) is 0 Å². The number of nitrogens with two attached hydrogens (primary N) is 1. The third-order valence-corrected chi connectivity index (χ3v) is 4.10. The average molecular weight is 290 g/mol. The van der Waals surface area contributed by atoms with Crippen molar-refractivity contribution in [1.29, 1.82) is 0 Å². The van der Waals surface area contributed by atoms with Crippen molar-refractivity contribution in [1.82, 2.24) is 4.90 Å². The molecule has 2 unspecified atom stereocenters. The SMILES string of the molecule is CCC(N)C(c1ccco1)N1CCC(C(F)(F)F)CC1. The van der Waals surface area contributed by atoms with Gasteiger partial charge in [-0.05, 0) is 44.5 Å². The van der Waals surface area contributed by atoms with Crippen LogP contribution in [0.15, 0.2) is 22.8 Å². The zero-order valence-electron chi connectivity index (χ0n) is 11.6. The first-order valence-electron chi connectivity index (χ1n) is 7.03. The van der Waals surface area contributed by atoms with Gasteiger partial charge in [0.15, 0.2) is 0 Å². The van der Waals surface area contributed by atoms with E-state index in [0.29, 0.717) is 13.1 Å². The van der Waals surface area contributed by atoms with Gasteiger partial charge >= 0.3 is 6.18 Å². The molecule has 0 amide bonds. The van der Waals surface area contributed by atoms with Gasteiger partial charge in [0, 0.05) is 6.04 Å². The molecule has 2 heterocycles. The molecule has 1 aromatic heterocycles. The van der Waals surface area contributed by atoms with Gasteiger partial charge in [-0.15, -0.1) is 0 Å². The minimum absolute atomic E-state index is 0.135. The van der Waals surface area contributed by atoms with E-state index in [1.165, 1.54) is 0 Å². The molecule has 2 rings (SSSR count). The molecule has 2 N–H and O–H groups in total. The van der Waals surface area contributed by atoms with Crippen LogP contribution in [-0.4, -0.2) is 30.2 Å². The molecule has 1 aromatic rings. The molecule has 1 aliphatic rings. The monoisotopic (exact) mass is 290 g/mol. The van der Waals surface area contributed by atoms with E-state index < -0.39 is 12.1 Å². The number of furan rings is 1. The molecule has 0 saturated carbocycles. The van der Waals surface area contributed by atoms with Crippen LogP contribution in [0.5, 0.6) is 0 Å². The van der Waals surface area contributed by atoms with Gasteiger partial charge in [-0.1, -0.05) is 6.92 Å². The minimum Gasteiger partial charge on any atom is -0.468 e. The van der Waals surface area contributed by atoms with Crippen LogP contribution in [0.2, 0.25) is 0 Å². The zero-order chi connectivity index (χ0) is 14.8. The Labute approximate surface area is 116 Å². The van der Waals surface area contributed by atoms with E-state index in [-0.39, 0.29) is 24.9 Å². The fourth-order valence-electron chi connectivity index (χ4n) is 2.85. The van der Waals surface area contributed by atoms with Gasteiger partial charge in [-0.3, -0.25) is 4.90 Å². The molecular weight excluding hydrogens is 269 g/mol. The molecule has 1 saturated heterocycles. The Hall–Kier alpha value is -1.01. The number of hydrogen-bond donors (Lipinski definition) is 1. The average Bonchev–Trinajstić information content (AvgIpc) is 2.92. The third kappa shape index (κ3) is 3.35. The first-order chi connectivity index (χ1) is 9.43. The second kappa shape index (κ2) is 6.18. The second-order valence-corrected chi connectivity index (χ2v) is 5.38. The van der Waals surface area contributed by atoms with Crippen LogP contribution in [0.3, 0.4) is 0 Å². The maximum absolute atomic E-state index is 12.7. The van der Waals surface area contributed by atoms with Crippen molar-refractivity contribution in [3.05, 3.63) is 24.2 Å². The van der Waals surface area contributed by atoms with E-state index >= 15 is 0 Å². The summed E-state index contributed by atoms with van der Waals surface area (Å²) in [5, 5.41) is 0. The summed E-state index contributed by atoms with van der Waals surface area (Å²) in [4.78, 5) is 2.02. The molecule has 1 aliphatic heterocycles. The topological polar surface area (TPSA) is 42.4 Å². The standard InChI is InChI=1S/C14H21F3N2O/c1-2-11(18)13(12-4-3-9-20-12)19-7-5-10(6-8-19)14(15,16)17/h3-4,9-11,13H,2,5-8,18H2,1H3. The van der Waals surface area contributed by atoms with Gasteiger partial charge in [-0.25, -0.2) is 0 Å². The molecule has 20 heavy (non-hydrogen) atoms. The first kappa shape index (κ1) is 15.4. The van der Waals surface area contributed by atoms with Gasteiger partial charge < -0.3 is 10.2 Å². The Morgan fingerprint density at radius 1 is 1.40 bits per heavy atom. The summed E-state index contributed by atoms with van der Waals surface area (Å²) in [6.45, 7) is 2.79. The van der Waals surface area contributed by atoms with Crippen LogP contribution in [0.25, 0.3) is 0 Å². The number of alkyl halides is 3. The quantitative estimate of drug-likeness (QED) is 0.925. The summed E-state index contributed by atoms with van der Waals surface area (Å²) in [5.74, 6) is -0.446. The van der Waals surface area contributed by atoms with Crippen LogP contribution >= 0.6 is 0 Å². The number of halogens is 3. The number of likely N-dealkylation sites (tertiary alicyclic amines) is 1. The molecule has 0 aromatic carbocycles. The normalized spacial score (nSPS) is 21.9. The Bertz CT molecular complexity index is 397. The Kier molecular flexibility index (Phi) is 4.75. The highest BCUT2D eigenvalue weighted by atomic mass is 19.4. The van der Waals surface area contributed by atoms with Crippen molar-refractivity contribution in [3.8, 4) is 0 Å². The summed E-state index contributed by atoms with van der Waals surface area (Å²) in [6, 6.07) is 3.36. The number of nitrogens with zero attached hydrogens (tertiary/aromatic N) is 1. The van der Waals surface area contributed by atoms with Gasteiger partial charge in [0.25, 0.3) is 0 Å². The Morgan fingerprint density at radius 2 is 2.05 bits per heavy atom. The maximum Gasteiger partial charge on any atom is 0.391 e. The zero-order valence-corrected chi connectivity index (χ0v) is 11.6. The molecule has 0 radical (unpaired) electrons.